The molecule has 138 valence electrons. The number of likely N-dealkylation sites (tertiary alicyclic amines) is 1. The van der Waals surface area contributed by atoms with E-state index in [4.69, 9.17) is 4.74 Å². The van der Waals surface area contributed by atoms with Crippen LogP contribution in [-0.2, 0) is 14.3 Å². The van der Waals surface area contributed by atoms with Gasteiger partial charge in [0.15, 0.2) is 0 Å². The number of piperidine rings is 1. The van der Waals surface area contributed by atoms with E-state index in [9.17, 15) is 9.59 Å². The molecule has 5 nitrogen and oxygen atoms in total. The largest absolute Gasteiger partial charge is 0.466 e. The highest BCUT2D eigenvalue weighted by Crippen LogP contribution is 2.27. The molecule has 1 heterocycles. The van der Waals surface area contributed by atoms with E-state index in [2.05, 4.69) is 25.2 Å². The van der Waals surface area contributed by atoms with Gasteiger partial charge in [-0.3, -0.25) is 14.5 Å². The van der Waals surface area contributed by atoms with Gasteiger partial charge in [-0.25, -0.2) is 0 Å². The van der Waals surface area contributed by atoms with Crippen LogP contribution in [0.5, 0.6) is 0 Å². The maximum Gasteiger partial charge on any atom is 0.310 e. The van der Waals surface area contributed by atoms with Crippen molar-refractivity contribution in [3.8, 4) is 0 Å². The lowest BCUT2D eigenvalue weighted by Gasteiger charge is -2.31. The molecule has 1 unspecified atom stereocenters. The van der Waals surface area contributed by atoms with Gasteiger partial charge in [-0.2, -0.15) is 0 Å². The molecule has 0 aromatic heterocycles. The van der Waals surface area contributed by atoms with Crippen molar-refractivity contribution in [3.63, 3.8) is 0 Å². The molecule has 25 heavy (non-hydrogen) atoms. The Morgan fingerprint density at radius 2 is 2.12 bits per heavy atom. The van der Waals surface area contributed by atoms with E-state index in [0.29, 0.717) is 25.6 Å². The van der Waals surface area contributed by atoms with Crippen molar-refractivity contribution in [2.75, 3.05) is 31.6 Å². The molecule has 0 aliphatic carbocycles. The van der Waals surface area contributed by atoms with Crippen molar-refractivity contribution in [1.82, 2.24) is 4.90 Å². The number of aryl methyl sites for hydroxylation is 1. The molecule has 1 aromatic rings. The summed E-state index contributed by atoms with van der Waals surface area (Å²) in [6, 6.07) is 6.10. The second-order valence-electron chi connectivity index (χ2n) is 7.07. The molecule has 1 N–H and O–H groups in total. The van der Waals surface area contributed by atoms with Gasteiger partial charge in [0.25, 0.3) is 0 Å². The van der Waals surface area contributed by atoms with Gasteiger partial charge in [0, 0.05) is 12.2 Å². The van der Waals surface area contributed by atoms with Crippen molar-refractivity contribution < 1.29 is 14.3 Å². The summed E-state index contributed by atoms with van der Waals surface area (Å²) < 4.78 is 5.12. The highest BCUT2D eigenvalue weighted by molar-refractivity contribution is 5.94. The third-order valence-corrected chi connectivity index (χ3v) is 4.68. The number of rotatable bonds is 6. The Morgan fingerprint density at radius 1 is 1.36 bits per heavy atom. The van der Waals surface area contributed by atoms with Crippen LogP contribution in [0.15, 0.2) is 18.2 Å². The van der Waals surface area contributed by atoms with Crippen molar-refractivity contribution in [3.05, 3.63) is 29.3 Å². The molecule has 0 spiro atoms. The second-order valence-corrected chi connectivity index (χ2v) is 7.07. The highest BCUT2D eigenvalue weighted by atomic mass is 16.5. The van der Waals surface area contributed by atoms with E-state index in [-0.39, 0.29) is 17.8 Å². The topological polar surface area (TPSA) is 58.6 Å². The van der Waals surface area contributed by atoms with Gasteiger partial charge >= 0.3 is 5.97 Å². The predicted octanol–water partition coefficient (Wildman–Crippen LogP) is 3.33. The first-order chi connectivity index (χ1) is 11.9. The maximum atomic E-state index is 12.5. The van der Waals surface area contributed by atoms with Crippen LogP contribution >= 0.6 is 0 Å². The molecule has 2 rings (SSSR count). The number of hydrogen-bond donors (Lipinski definition) is 1. The van der Waals surface area contributed by atoms with Crippen LogP contribution < -0.4 is 5.32 Å². The van der Waals surface area contributed by atoms with Gasteiger partial charge in [0.2, 0.25) is 5.91 Å². The maximum absolute atomic E-state index is 12.5. The van der Waals surface area contributed by atoms with Gasteiger partial charge in [-0.1, -0.05) is 32.0 Å². The zero-order chi connectivity index (χ0) is 18.4. The molecule has 1 atom stereocenters. The fourth-order valence-electron chi connectivity index (χ4n) is 3.38. The van der Waals surface area contributed by atoms with Crippen molar-refractivity contribution in [1.29, 1.82) is 0 Å². The van der Waals surface area contributed by atoms with E-state index in [0.717, 1.165) is 36.2 Å². The summed E-state index contributed by atoms with van der Waals surface area (Å²) in [5.74, 6) is 0.0545. The van der Waals surface area contributed by atoms with Crippen molar-refractivity contribution >= 4 is 17.6 Å². The zero-order valence-corrected chi connectivity index (χ0v) is 15.8. The molecule has 1 aromatic carbocycles. The predicted molar refractivity (Wildman–Crippen MR) is 99.7 cm³/mol. The lowest BCUT2D eigenvalue weighted by molar-refractivity contribution is -0.150. The molecule has 1 aliphatic rings. The molecule has 0 saturated carbocycles. The molecule has 1 saturated heterocycles. The third-order valence-electron chi connectivity index (χ3n) is 4.68. The summed E-state index contributed by atoms with van der Waals surface area (Å²) in [5, 5.41) is 3.08. The van der Waals surface area contributed by atoms with Gasteiger partial charge in [0.1, 0.15) is 0 Å². The lowest BCUT2D eigenvalue weighted by Crippen LogP contribution is -2.43. The molecular weight excluding hydrogens is 316 g/mol. The second kappa shape index (κ2) is 8.99. The van der Waals surface area contributed by atoms with E-state index in [1.54, 1.807) is 0 Å². The van der Waals surface area contributed by atoms with Crippen LogP contribution in [0.1, 0.15) is 50.7 Å². The quantitative estimate of drug-likeness (QED) is 0.803. The van der Waals surface area contributed by atoms with E-state index in [1.807, 2.05) is 30.9 Å². The molecular formula is C20H30N2O3. The number of benzene rings is 1. The number of para-hydroxylation sites is 1. The van der Waals surface area contributed by atoms with Crippen LogP contribution in [0, 0.1) is 12.8 Å². The SMILES string of the molecule is CCOC(=O)C1CCCN(CC(=O)Nc2c(C)cccc2C(C)C)C1. The fourth-order valence-corrected chi connectivity index (χ4v) is 3.38. The average molecular weight is 346 g/mol. The Hall–Kier alpha value is -1.88. The van der Waals surface area contributed by atoms with Crippen LogP contribution in [0.2, 0.25) is 0 Å². The summed E-state index contributed by atoms with van der Waals surface area (Å²) in [6.45, 7) is 10.2. The Morgan fingerprint density at radius 3 is 2.80 bits per heavy atom. The van der Waals surface area contributed by atoms with Crippen LogP contribution in [0.3, 0.4) is 0 Å². The first kappa shape index (κ1) is 19.4. The number of nitrogens with zero attached hydrogens (tertiary/aromatic N) is 1. The number of nitrogens with one attached hydrogen (secondary N) is 1. The summed E-state index contributed by atoms with van der Waals surface area (Å²) in [5.41, 5.74) is 3.14. The van der Waals surface area contributed by atoms with E-state index < -0.39 is 0 Å². The molecule has 5 heteroatoms. The molecule has 1 amide bonds. The zero-order valence-electron chi connectivity index (χ0n) is 15.8. The third kappa shape index (κ3) is 5.30. The molecule has 0 bridgehead atoms. The van der Waals surface area contributed by atoms with E-state index >= 15 is 0 Å². The smallest absolute Gasteiger partial charge is 0.310 e. The number of carbonyl (C=O) groups excluding carboxylic acids is 2. The summed E-state index contributed by atoms with van der Waals surface area (Å²) >= 11 is 0. The number of ether oxygens (including phenoxy) is 1. The normalized spacial score (nSPS) is 18.2. The molecule has 1 fully saturated rings. The Balaban J connectivity index is 1.98. The number of hydrogen-bond acceptors (Lipinski definition) is 4. The molecule has 0 radical (unpaired) electrons. The molecule has 1 aliphatic heterocycles. The minimum atomic E-state index is -0.145. The minimum Gasteiger partial charge on any atom is -0.466 e. The fraction of sp³-hybridized carbons (Fsp3) is 0.600. The van der Waals surface area contributed by atoms with Gasteiger partial charge in [0.05, 0.1) is 19.1 Å². The van der Waals surface area contributed by atoms with Crippen molar-refractivity contribution in [2.24, 2.45) is 5.92 Å². The van der Waals surface area contributed by atoms with E-state index in [1.165, 1.54) is 0 Å². The number of carbonyl (C=O) groups is 2. The summed E-state index contributed by atoms with van der Waals surface area (Å²) in [6.07, 6.45) is 1.75. The summed E-state index contributed by atoms with van der Waals surface area (Å²) in [7, 11) is 0. The van der Waals surface area contributed by atoms with Crippen LogP contribution in [0.25, 0.3) is 0 Å². The van der Waals surface area contributed by atoms with Gasteiger partial charge < -0.3 is 10.1 Å². The number of anilines is 1. The highest BCUT2D eigenvalue weighted by Gasteiger charge is 2.28. The first-order valence-corrected chi connectivity index (χ1v) is 9.20. The number of amides is 1. The van der Waals surface area contributed by atoms with Crippen LogP contribution in [-0.4, -0.2) is 43.0 Å². The van der Waals surface area contributed by atoms with Gasteiger partial charge in [-0.05, 0) is 50.3 Å². The van der Waals surface area contributed by atoms with Crippen LogP contribution in [0.4, 0.5) is 5.69 Å². The lowest BCUT2D eigenvalue weighted by atomic mass is 9.97. The van der Waals surface area contributed by atoms with Crippen molar-refractivity contribution in [2.45, 2.75) is 46.5 Å². The monoisotopic (exact) mass is 346 g/mol. The number of esters is 1. The summed E-state index contributed by atoms with van der Waals surface area (Å²) in [4.78, 5) is 26.5. The Labute approximate surface area is 150 Å². The minimum absolute atomic E-state index is 0.0271. The first-order valence-electron chi connectivity index (χ1n) is 9.20. The Kier molecular flexibility index (Phi) is 7.00. The standard InChI is InChI=1S/C20H30N2O3/c1-5-25-20(24)16-9-7-11-22(12-16)13-18(23)21-19-15(4)8-6-10-17(19)14(2)3/h6,8,10,14,16H,5,7,9,11-13H2,1-4H3,(H,21,23). The van der Waals surface area contributed by atoms with Gasteiger partial charge in [-0.15, -0.1) is 0 Å². The average Bonchev–Trinajstić information content (AvgIpc) is 2.57. The Bertz CT molecular complexity index is 613.